The van der Waals surface area contributed by atoms with E-state index in [1.807, 2.05) is 33.9 Å². The summed E-state index contributed by atoms with van der Waals surface area (Å²) in [7, 11) is 1.83. The second kappa shape index (κ2) is 5.65. The van der Waals surface area contributed by atoms with Crippen molar-refractivity contribution in [2.24, 2.45) is 0 Å². The van der Waals surface area contributed by atoms with Crippen molar-refractivity contribution in [3.05, 3.63) is 11.9 Å². The molecule has 90 valence electrons. The van der Waals surface area contributed by atoms with Crippen molar-refractivity contribution in [1.29, 1.82) is 0 Å². The molecule has 1 heterocycles. The van der Waals surface area contributed by atoms with Crippen LogP contribution in [0.3, 0.4) is 0 Å². The summed E-state index contributed by atoms with van der Waals surface area (Å²) < 4.78 is 0. The zero-order valence-corrected chi connectivity index (χ0v) is 10.3. The number of aromatic nitrogens is 2. The summed E-state index contributed by atoms with van der Waals surface area (Å²) >= 11 is 0. The topological polar surface area (TPSA) is 70.1 Å². The Bertz CT molecular complexity index is 341. The Hall–Kier alpha value is -1.36. The molecule has 0 amide bonds. The molecule has 5 nitrogen and oxygen atoms in total. The zero-order chi connectivity index (χ0) is 12.1. The van der Waals surface area contributed by atoms with Gasteiger partial charge in [0.05, 0.1) is 6.61 Å². The summed E-state index contributed by atoms with van der Waals surface area (Å²) in [5.74, 6) is 2.59. The van der Waals surface area contributed by atoms with Gasteiger partial charge in [0.2, 0.25) is 0 Å². The van der Waals surface area contributed by atoms with Gasteiger partial charge in [-0.25, -0.2) is 9.97 Å². The fourth-order valence-corrected chi connectivity index (χ4v) is 1.22. The maximum atomic E-state index is 8.98. The molecule has 0 saturated carbocycles. The summed E-state index contributed by atoms with van der Waals surface area (Å²) in [5, 5.41) is 15.1. The van der Waals surface area contributed by atoms with Crippen molar-refractivity contribution in [3.8, 4) is 0 Å². The lowest BCUT2D eigenvalue weighted by molar-refractivity contribution is 0.281. The predicted molar refractivity (Wildman–Crippen MR) is 65.8 cm³/mol. The summed E-state index contributed by atoms with van der Waals surface area (Å²) in [5.41, 5.74) is 0. The maximum absolute atomic E-state index is 8.98. The summed E-state index contributed by atoms with van der Waals surface area (Å²) in [6.45, 7) is 6.08. The molecule has 0 fully saturated rings. The van der Waals surface area contributed by atoms with Crippen LogP contribution < -0.4 is 10.6 Å². The summed E-state index contributed by atoms with van der Waals surface area (Å²) in [6, 6.07) is 1.82. The van der Waals surface area contributed by atoms with Crippen LogP contribution >= 0.6 is 0 Å². The van der Waals surface area contributed by atoms with Gasteiger partial charge < -0.3 is 15.7 Å². The number of rotatable bonds is 5. The number of nitrogens with zero attached hydrogens (tertiary/aromatic N) is 2. The molecule has 1 atom stereocenters. The van der Waals surface area contributed by atoms with E-state index in [2.05, 4.69) is 20.6 Å². The SMILES string of the molecule is CNc1cc(NC(C)CO)nc(C(C)C)n1. The third-order valence-corrected chi connectivity index (χ3v) is 2.18. The molecular weight excluding hydrogens is 204 g/mol. The van der Waals surface area contributed by atoms with E-state index in [1.54, 1.807) is 0 Å². The van der Waals surface area contributed by atoms with Crippen LogP contribution in [0.15, 0.2) is 6.07 Å². The summed E-state index contributed by atoms with van der Waals surface area (Å²) in [6.07, 6.45) is 0. The van der Waals surface area contributed by atoms with Crippen molar-refractivity contribution >= 4 is 11.6 Å². The molecule has 1 aromatic rings. The van der Waals surface area contributed by atoms with Gasteiger partial charge >= 0.3 is 0 Å². The number of aliphatic hydroxyl groups is 1. The van der Waals surface area contributed by atoms with Crippen LogP contribution in [0, 0.1) is 0 Å². The lowest BCUT2D eigenvalue weighted by atomic mass is 10.2. The van der Waals surface area contributed by atoms with Crippen molar-refractivity contribution in [2.45, 2.75) is 32.7 Å². The largest absolute Gasteiger partial charge is 0.394 e. The molecule has 16 heavy (non-hydrogen) atoms. The van der Waals surface area contributed by atoms with Crippen LogP contribution in [-0.2, 0) is 0 Å². The molecule has 0 aliphatic heterocycles. The van der Waals surface area contributed by atoms with Crippen molar-refractivity contribution in [3.63, 3.8) is 0 Å². The van der Waals surface area contributed by atoms with Crippen LogP contribution in [0.25, 0.3) is 0 Å². The Morgan fingerprint density at radius 2 is 1.88 bits per heavy atom. The van der Waals surface area contributed by atoms with Gasteiger partial charge in [0.15, 0.2) is 0 Å². The predicted octanol–water partition coefficient (Wildman–Crippen LogP) is 1.43. The first-order valence-electron chi connectivity index (χ1n) is 5.51. The molecule has 0 aliphatic rings. The minimum atomic E-state index is -0.0142. The Morgan fingerprint density at radius 3 is 2.38 bits per heavy atom. The molecule has 1 unspecified atom stereocenters. The number of nitrogens with one attached hydrogen (secondary N) is 2. The maximum Gasteiger partial charge on any atom is 0.135 e. The normalized spacial score (nSPS) is 12.6. The number of hydrogen-bond donors (Lipinski definition) is 3. The van der Waals surface area contributed by atoms with Gasteiger partial charge in [0, 0.05) is 25.1 Å². The van der Waals surface area contributed by atoms with Crippen LogP contribution in [0.2, 0.25) is 0 Å². The molecule has 3 N–H and O–H groups in total. The van der Waals surface area contributed by atoms with Gasteiger partial charge in [0.1, 0.15) is 17.5 Å². The second-order valence-corrected chi connectivity index (χ2v) is 4.13. The molecule has 0 spiro atoms. The van der Waals surface area contributed by atoms with E-state index in [-0.39, 0.29) is 18.6 Å². The Balaban J connectivity index is 2.95. The van der Waals surface area contributed by atoms with E-state index in [0.29, 0.717) is 0 Å². The van der Waals surface area contributed by atoms with Gasteiger partial charge in [0.25, 0.3) is 0 Å². The average Bonchev–Trinajstić information content (AvgIpc) is 2.28. The third kappa shape index (κ3) is 3.34. The molecule has 5 heteroatoms. The first kappa shape index (κ1) is 12.7. The molecule has 1 rings (SSSR count). The number of hydrogen-bond acceptors (Lipinski definition) is 5. The Kier molecular flexibility index (Phi) is 4.49. The van der Waals surface area contributed by atoms with Crippen molar-refractivity contribution < 1.29 is 5.11 Å². The quantitative estimate of drug-likeness (QED) is 0.706. The van der Waals surface area contributed by atoms with Gasteiger partial charge in [-0.3, -0.25) is 0 Å². The monoisotopic (exact) mass is 224 g/mol. The number of aliphatic hydroxyl groups excluding tert-OH is 1. The van der Waals surface area contributed by atoms with Crippen LogP contribution in [0.5, 0.6) is 0 Å². The van der Waals surface area contributed by atoms with E-state index in [1.165, 1.54) is 0 Å². The van der Waals surface area contributed by atoms with Crippen molar-refractivity contribution in [2.75, 3.05) is 24.3 Å². The van der Waals surface area contributed by atoms with E-state index in [9.17, 15) is 0 Å². The fraction of sp³-hybridized carbons (Fsp3) is 0.636. The third-order valence-electron chi connectivity index (χ3n) is 2.18. The van der Waals surface area contributed by atoms with Crippen molar-refractivity contribution in [1.82, 2.24) is 9.97 Å². The van der Waals surface area contributed by atoms with E-state index >= 15 is 0 Å². The Labute approximate surface area is 96.3 Å². The fourth-order valence-electron chi connectivity index (χ4n) is 1.22. The van der Waals surface area contributed by atoms with Crippen LogP contribution in [0.1, 0.15) is 32.5 Å². The van der Waals surface area contributed by atoms with Crippen LogP contribution in [0.4, 0.5) is 11.6 Å². The lowest BCUT2D eigenvalue weighted by Gasteiger charge is -2.14. The van der Waals surface area contributed by atoms with Gasteiger partial charge in [-0.2, -0.15) is 0 Å². The van der Waals surface area contributed by atoms with E-state index in [4.69, 9.17) is 5.11 Å². The molecule has 0 aliphatic carbocycles. The smallest absolute Gasteiger partial charge is 0.135 e. The highest BCUT2D eigenvalue weighted by Gasteiger charge is 2.08. The molecule has 0 saturated heterocycles. The average molecular weight is 224 g/mol. The molecule has 0 aromatic carbocycles. The molecular formula is C11H20N4O. The van der Waals surface area contributed by atoms with E-state index in [0.717, 1.165) is 17.5 Å². The molecule has 0 radical (unpaired) electrons. The highest BCUT2D eigenvalue weighted by atomic mass is 16.3. The van der Waals surface area contributed by atoms with E-state index < -0.39 is 0 Å². The minimum absolute atomic E-state index is 0.0142. The van der Waals surface area contributed by atoms with Gasteiger partial charge in [-0.15, -0.1) is 0 Å². The number of anilines is 2. The first-order valence-corrected chi connectivity index (χ1v) is 5.51. The summed E-state index contributed by atoms with van der Waals surface area (Å²) in [4.78, 5) is 8.76. The highest BCUT2D eigenvalue weighted by Crippen LogP contribution is 2.17. The lowest BCUT2D eigenvalue weighted by Crippen LogP contribution is -2.20. The molecule has 0 bridgehead atoms. The standard InChI is InChI=1S/C11H20N4O/c1-7(2)11-14-9(12-4)5-10(15-11)13-8(3)6-16/h5,7-8,16H,6H2,1-4H3,(H2,12,13,14,15). The highest BCUT2D eigenvalue weighted by molar-refractivity contribution is 5.47. The van der Waals surface area contributed by atoms with Gasteiger partial charge in [-0.05, 0) is 6.92 Å². The first-order chi connectivity index (χ1) is 7.56. The second-order valence-electron chi connectivity index (χ2n) is 4.13. The van der Waals surface area contributed by atoms with Crippen LogP contribution in [-0.4, -0.2) is 34.8 Å². The Morgan fingerprint density at radius 1 is 1.25 bits per heavy atom. The van der Waals surface area contributed by atoms with Gasteiger partial charge in [-0.1, -0.05) is 13.8 Å². The minimum Gasteiger partial charge on any atom is -0.394 e. The zero-order valence-electron chi connectivity index (χ0n) is 10.3. The molecule has 1 aromatic heterocycles.